The van der Waals surface area contributed by atoms with Crippen LogP contribution in [0, 0.1) is 0 Å². The van der Waals surface area contributed by atoms with Gasteiger partial charge in [0.2, 0.25) is 0 Å². The molecule has 3 aromatic rings. The van der Waals surface area contributed by atoms with E-state index in [9.17, 15) is 0 Å². The van der Waals surface area contributed by atoms with E-state index in [1.165, 1.54) is 85.6 Å². The van der Waals surface area contributed by atoms with Crippen molar-refractivity contribution in [2.75, 3.05) is 4.90 Å². The second kappa shape index (κ2) is 6.96. The standard InChI is InChI=1S/C32H34BNO/c1-31-18-10-11-19-32(31,2)34-25-16-8-6-14-23(25)33-24-15-7-9-17-26(24)35-27-20-22(21-12-4-3-5-13-21)28(31)30(34)29(27)33/h6-9,14-17,20-21H,3-5,10-13,18-19H2,1-2H3. The van der Waals surface area contributed by atoms with E-state index in [1.807, 2.05) is 0 Å². The Labute approximate surface area is 209 Å². The summed E-state index contributed by atoms with van der Waals surface area (Å²) in [7, 11) is 0. The lowest BCUT2D eigenvalue weighted by Crippen LogP contribution is -2.63. The molecule has 0 N–H and O–H groups in total. The van der Waals surface area contributed by atoms with Gasteiger partial charge in [0.1, 0.15) is 11.5 Å². The minimum Gasteiger partial charge on any atom is -0.458 e. The summed E-state index contributed by atoms with van der Waals surface area (Å²) in [5, 5.41) is 0. The third kappa shape index (κ3) is 2.43. The molecular weight excluding hydrogens is 425 g/mol. The first-order valence-electron chi connectivity index (χ1n) is 14.0. The van der Waals surface area contributed by atoms with E-state index >= 15 is 0 Å². The van der Waals surface area contributed by atoms with E-state index in [0.29, 0.717) is 5.92 Å². The van der Waals surface area contributed by atoms with Gasteiger partial charge >= 0.3 is 0 Å². The molecule has 2 nitrogen and oxygen atoms in total. The Balaban J connectivity index is 1.50. The van der Waals surface area contributed by atoms with Crippen LogP contribution in [0.3, 0.4) is 0 Å². The van der Waals surface area contributed by atoms with Gasteiger partial charge in [-0.2, -0.15) is 0 Å². The largest absolute Gasteiger partial charge is 0.458 e. The monoisotopic (exact) mass is 459 g/mol. The molecule has 2 fully saturated rings. The van der Waals surface area contributed by atoms with Gasteiger partial charge in [-0.3, -0.25) is 0 Å². The number of rotatable bonds is 1. The average Bonchev–Trinajstić information content (AvgIpc) is 3.12. The van der Waals surface area contributed by atoms with Gasteiger partial charge in [-0.25, -0.2) is 0 Å². The van der Waals surface area contributed by atoms with E-state index in [4.69, 9.17) is 4.74 Å². The first-order chi connectivity index (χ1) is 17.1. The summed E-state index contributed by atoms with van der Waals surface area (Å²) in [5.74, 6) is 2.83. The van der Waals surface area contributed by atoms with Crippen molar-refractivity contribution >= 4 is 34.5 Å². The molecule has 2 atom stereocenters. The molecule has 2 aliphatic carbocycles. The van der Waals surface area contributed by atoms with Crippen molar-refractivity contribution in [1.82, 2.24) is 0 Å². The van der Waals surface area contributed by atoms with Gasteiger partial charge in [-0.15, -0.1) is 0 Å². The lowest BCUT2D eigenvalue weighted by Gasteiger charge is -2.52. The molecule has 0 saturated heterocycles. The summed E-state index contributed by atoms with van der Waals surface area (Å²) in [6.07, 6.45) is 12.0. The Morgan fingerprint density at radius 2 is 1.57 bits per heavy atom. The molecule has 2 unspecified atom stereocenters. The minimum atomic E-state index is 0.101. The van der Waals surface area contributed by atoms with Crippen molar-refractivity contribution in [1.29, 1.82) is 0 Å². The van der Waals surface area contributed by atoms with Crippen LogP contribution >= 0.6 is 0 Å². The summed E-state index contributed by atoms with van der Waals surface area (Å²) in [6.45, 7) is 5.45. The van der Waals surface area contributed by atoms with Gasteiger partial charge in [-0.05, 0) is 84.2 Å². The van der Waals surface area contributed by atoms with Gasteiger partial charge in [-0.1, -0.05) is 75.4 Å². The highest BCUT2D eigenvalue weighted by Crippen LogP contribution is 2.63. The zero-order chi connectivity index (χ0) is 23.4. The zero-order valence-corrected chi connectivity index (χ0v) is 21.1. The molecule has 5 aliphatic rings. The molecule has 2 saturated carbocycles. The Kier molecular flexibility index (Phi) is 4.08. The Bertz CT molecular complexity index is 1370. The van der Waals surface area contributed by atoms with E-state index in [0.717, 1.165) is 11.5 Å². The third-order valence-electron chi connectivity index (χ3n) is 10.7. The first kappa shape index (κ1) is 20.5. The van der Waals surface area contributed by atoms with E-state index in [-0.39, 0.29) is 17.7 Å². The van der Waals surface area contributed by atoms with E-state index < -0.39 is 0 Å². The average molecular weight is 459 g/mol. The van der Waals surface area contributed by atoms with Crippen LogP contribution in [0.2, 0.25) is 0 Å². The predicted molar refractivity (Wildman–Crippen MR) is 146 cm³/mol. The maximum absolute atomic E-state index is 6.79. The number of nitrogens with zero attached hydrogens (tertiary/aromatic N) is 1. The van der Waals surface area contributed by atoms with Gasteiger partial charge in [0.05, 0.1) is 5.54 Å². The maximum atomic E-state index is 6.79. The molecule has 0 aromatic heterocycles. The SMILES string of the molecule is CC12CCCCC1(C)N1c3ccccc3B3c4ccccc4Oc4cc(C5CCCCC5)c2c1c43. The second-order valence-electron chi connectivity index (χ2n) is 12.2. The summed E-state index contributed by atoms with van der Waals surface area (Å²) < 4.78 is 6.79. The van der Waals surface area contributed by atoms with Crippen LogP contribution in [-0.2, 0) is 5.41 Å². The normalized spacial score (nSPS) is 28.1. The van der Waals surface area contributed by atoms with Crippen molar-refractivity contribution in [3.05, 3.63) is 65.7 Å². The summed E-state index contributed by atoms with van der Waals surface area (Å²) >= 11 is 0. The lowest BCUT2D eigenvalue weighted by atomic mass is 9.34. The van der Waals surface area contributed by atoms with Crippen molar-refractivity contribution in [3.63, 3.8) is 0 Å². The van der Waals surface area contributed by atoms with Gasteiger partial charge in [0.25, 0.3) is 6.71 Å². The maximum Gasteiger partial charge on any atom is 0.256 e. The fourth-order valence-electron chi connectivity index (χ4n) is 8.81. The van der Waals surface area contributed by atoms with E-state index in [2.05, 4.69) is 73.3 Å². The van der Waals surface area contributed by atoms with Crippen LogP contribution in [0.15, 0.2) is 54.6 Å². The molecule has 0 radical (unpaired) electrons. The Morgan fingerprint density at radius 3 is 2.43 bits per heavy atom. The lowest BCUT2D eigenvalue weighted by molar-refractivity contribution is 0.193. The summed E-state index contributed by atoms with van der Waals surface area (Å²) in [5.41, 5.74) is 10.7. The highest BCUT2D eigenvalue weighted by Gasteiger charge is 2.62. The first-order valence-corrected chi connectivity index (χ1v) is 14.0. The summed E-state index contributed by atoms with van der Waals surface area (Å²) in [6, 6.07) is 20.6. The highest BCUT2D eigenvalue weighted by atomic mass is 16.5. The molecule has 3 aromatic carbocycles. The highest BCUT2D eigenvalue weighted by molar-refractivity contribution is 6.99. The second-order valence-corrected chi connectivity index (χ2v) is 12.2. The van der Waals surface area contributed by atoms with Gasteiger partial charge < -0.3 is 9.64 Å². The third-order valence-corrected chi connectivity index (χ3v) is 10.7. The Hall–Kier alpha value is -2.68. The van der Waals surface area contributed by atoms with Crippen LogP contribution in [-0.4, -0.2) is 12.3 Å². The molecule has 176 valence electrons. The molecule has 0 bridgehead atoms. The molecule has 35 heavy (non-hydrogen) atoms. The smallest absolute Gasteiger partial charge is 0.256 e. The Morgan fingerprint density at radius 1 is 0.829 bits per heavy atom. The molecular formula is C32H34BNO. The number of para-hydroxylation sites is 2. The van der Waals surface area contributed by atoms with Gasteiger partial charge in [0.15, 0.2) is 0 Å². The quantitative estimate of drug-likeness (QED) is 0.305. The predicted octanol–water partition coefficient (Wildman–Crippen LogP) is 6.41. The van der Waals surface area contributed by atoms with Gasteiger partial charge in [0, 0.05) is 16.8 Å². The van der Waals surface area contributed by atoms with Crippen LogP contribution < -0.4 is 26.0 Å². The number of benzene rings is 3. The molecule has 8 rings (SSSR count). The molecule has 3 heteroatoms. The fraction of sp³-hybridized carbons (Fsp3) is 0.438. The van der Waals surface area contributed by atoms with Crippen LogP contribution in [0.25, 0.3) is 0 Å². The molecule has 3 heterocycles. The van der Waals surface area contributed by atoms with Crippen LogP contribution in [0.5, 0.6) is 11.5 Å². The zero-order valence-electron chi connectivity index (χ0n) is 21.1. The molecule has 0 spiro atoms. The fourth-order valence-corrected chi connectivity index (χ4v) is 8.81. The van der Waals surface area contributed by atoms with Crippen molar-refractivity contribution < 1.29 is 4.74 Å². The number of anilines is 2. The topological polar surface area (TPSA) is 12.5 Å². The number of hydrogen-bond donors (Lipinski definition) is 0. The summed E-state index contributed by atoms with van der Waals surface area (Å²) in [4.78, 5) is 2.82. The van der Waals surface area contributed by atoms with Crippen molar-refractivity contribution in [3.8, 4) is 11.5 Å². The molecule has 0 amide bonds. The van der Waals surface area contributed by atoms with Crippen molar-refractivity contribution in [2.45, 2.75) is 88.5 Å². The van der Waals surface area contributed by atoms with Crippen LogP contribution in [0.1, 0.15) is 88.7 Å². The van der Waals surface area contributed by atoms with Crippen LogP contribution in [0.4, 0.5) is 11.4 Å². The minimum absolute atomic E-state index is 0.101. The number of hydrogen-bond acceptors (Lipinski definition) is 2. The van der Waals surface area contributed by atoms with Crippen molar-refractivity contribution in [2.24, 2.45) is 0 Å². The molecule has 3 aliphatic heterocycles. The number of ether oxygens (including phenoxy) is 1. The van der Waals surface area contributed by atoms with E-state index in [1.54, 1.807) is 11.1 Å². The number of fused-ring (bicyclic) bond motifs is 8.